The molecule has 0 fully saturated rings. The van der Waals surface area contributed by atoms with Gasteiger partial charge in [-0.05, 0) is 37.3 Å². The van der Waals surface area contributed by atoms with E-state index in [-0.39, 0.29) is 31.5 Å². The topological polar surface area (TPSA) is 76.7 Å². The molecule has 6 nitrogen and oxygen atoms in total. The number of amides is 2. The number of carbonyl (C=O) groups excluding carboxylic acids is 2. The van der Waals surface area contributed by atoms with Gasteiger partial charge in [-0.25, -0.2) is 0 Å². The van der Waals surface area contributed by atoms with Gasteiger partial charge in [0, 0.05) is 18.7 Å². The number of ether oxygens (including phenoxy) is 2. The maximum Gasteiger partial charge on any atom is 0.258 e. The molecule has 0 radical (unpaired) electrons. The Labute approximate surface area is 167 Å². The highest BCUT2D eigenvalue weighted by atomic mass is 35.5. The van der Waals surface area contributed by atoms with Crippen molar-refractivity contribution in [2.24, 2.45) is 0 Å². The molecule has 0 heterocycles. The summed E-state index contributed by atoms with van der Waals surface area (Å²) >= 11 is 11.7. The molecule has 8 heteroatoms. The summed E-state index contributed by atoms with van der Waals surface area (Å²) in [5.41, 5.74) is 0.395. The summed E-state index contributed by atoms with van der Waals surface area (Å²) in [5, 5.41) is 6.04. The Bertz CT molecular complexity index is 799. The molecular weight excluding hydrogens is 391 g/mol. The predicted octanol–water partition coefficient (Wildman–Crippen LogP) is 3.32. The minimum atomic E-state index is -0.301. The van der Waals surface area contributed by atoms with Gasteiger partial charge in [-0.1, -0.05) is 35.3 Å². The molecule has 0 aliphatic heterocycles. The summed E-state index contributed by atoms with van der Waals surface area (Å²) in [5.74, 6) is 0.485. The van der Waals surface area contributed by atoms with Crippen LogP contribution < -0.4 is 20.1 Å². The van der Waals surface area contributed by atoms with Gasteiger partial charge in [0.2, 0.25) is 0 Å². The average molecular weight is 411 g/mol. The molecule has 0 atom stereocenters. The van der Waals surface area contributed by atoms with Gasteiger partial charge in [0.05, 0.1) is 16.7 Å². The molecule has 2 N–H and O–H groups in total. The van der Waals surface area contributed by atoms with Crippen LogP contribution >= 0.6 is 23.2 Å². The second-order valence-electron chi connectivity index (χ2n) is 5.40. The van der Waals surface area contributed by atoms with Crippen LogP contribution in [0.5, 0.6) is 11.5 Å². The zero-order valence-electron chi connectivity index (χ0n) is 14.8. The monoisotopic (exact) mass is 410 g/mol. The zero-order valence-corrected chi connectivity index (χ0v) is 16.3. The molecule has 0 saturated heterocycles. The number of rotatable bonds is 9. The maximum atomic E-state index is 12.0. The van der Waals surface area contributed by atoms with Crippen LogP contribution in [0, 0.1) is 0 Å². The van der Waals surface area contributed by atoms with Crippen molar-refractivity contribution < 1.29 is 19.1 Å². The molecular formula is C19H20Cl2N2O4. The van der Waals surface area contributed by atoms with Crippen molar-refractivity contribution in [3.8, 4) is 11.5 Å². The van der Waals surface area contributed by atoms with E-state index in [2.05, 4.69) is 10.6 Å². The molecule has 2 rings (SSSR count). The zero-order chi connectivity index (χ0) is 19.6. The second-order valence-corrected chi connectivity index (χ2v) is 6.22. The standard InChI is InChI=1S/C19H20Cl2N2O4/c1-2-26-16-5-3-4-6-17(16)27-12-18(24)22-9-10-23-19(25)13-7-8-14(20)15(21)11-13/h3-8,11H,2,9-10,12H2,1H3,(H,22,24)(H,23,25). The Morgan fingerprint density at radius 1 is 0.926 bits per heavy atom. The molecule has 0 aromatic heterocycles. The first kappa shape index (κ1) is 20.9. The van der Waals surface area contributed by atoms with E-state index >= 15 is 0 Å². The summed E-state index contributed by atoms with van der Waals surface area (Å²) in [6.45, 7) is 2.76. The van der Waals surface area contributed by atoms with Crippen LogP contribution in [0.15, 0.2) is 42.5 Å². The molecule has 0 aliphatic carbocycles. The summed E-state index contributed by atoms with van der Waals surface area (Å²) in [6.07, 6.45) is 0. The maximum absolute atomic E-state index is 12.0. The van der Waals surface area contributed by atoms with Crippen LogP contribution in [0.2, 0.25) is 10.0 Å². The predicted molar refractivity (Wildman–Crippen MR) is 105 cm³/mol. The first-order chi connectivity index (χ1) is 13.0. The summed E-state index contributed by atoms with van der Waals surface area (Å²) < 4.78 is 10.9. The quantitative estimate of drug-likeness (QED) is 0.621. The molecule has 0 aliphatic rings. The highest BCUT2D eigenvalue weighted by molar-refractivity contribution is 6.42. The number of benzene rings is 2. The Balaban J connectivity index is 1.70. The molecule has 27 heavy (non-hydrogen) atoms. The van der Waals surface area contributed by atoms with Crippen LogP contribution in [-0.2, 0) is 4.79 Å². The third-order valence-electron chi connectivity index (χ3n) is 3.42. The Kier molecular flexibility index (Phi) is 8.23. The van der Waals surface area contributed by atoms with E-state index in [0.717, 1.165) is 0 Å². The lowest BCUT2D eigenvalue weighted by Crippen LogP contribution is -2.36. The minimum Gasteiger partial charge on any atom is -0.490 e. The van der Waals surface area contributed by atoms with E-state index in [0.29, 0.717) is 33.7 Å². The lowest BCUT2D eigenvalue weighted by molar-refractivity contribution is -0.123. The Morgan fingerprint density at radius 3 is 2.26 bits per heavy atom. The first-order valence-electron chi connectivity index (χ1n) is 8.35. The molecule has 0 unspecified atom stereocenters. The fraction of sp³-hybridized carbons (Fsp3) is 0.263. The Hall–Kier alpha value is -2.44. The van der Waals surface area contributed by atoms with Crippen LogP contribution in [0.1, 0.15) is 17.3 Å². The summed E-state index contributed by atoms with van der Waals surface area (Å²) in [6, 6.07) is 11.7. The number of halogens is 2. The van der Waals surface area contributed by atoms with Gasteiger partial charge in [0.15, 0.2) is 18.1 Å². The van der Waals surface area contributed by atoms with E-state index in [1.165, 1.54) is 6.07 Å². The van der Waals surface area contributed by atoms with Crippen molar-refractivity contribution in [2.75, 3.05) is 26.3 Å². The highest BCUT2D eigenvalue weighted by Gasteiger charge is 2.09. The van der Waals surface area contributed by atoms with E-state index in [1.54, 1.807) is 30.3 Å². The van der Waals surface area contributed by atoms with Crippen LogP contribution in [0.4, 0.5) is 0 Å². The normalized spacial score (nSPS) is 10.2. The number of nitrogens with one attached hydrogen (secondary N) is 2. The summed E-state index contributed by atoms with van der Waals surface area (Å²) in [4.78, 5) is 23.9. The van der Waals surface area contributed by atoms with Gasteiger partial charge in [-0.2, -0.15) is 0 Å². The van der Waals surface area contributed by atoms with Gasteiger partial charge >= 0.3 is 0 Å². The second kappa shape index (κ2) is 10.6. The van der Waals surface area contributed by atoms with E-state index in [4.69, 9.17) is 32.7 Å². The van der Waals surface area contributed by atoms with Gasteiger partial charge in [0.1, 0.15) is 0 Å². The molecule has 2 amide bonds. The SMILES string of the molecule is CCOc1ccccc1OCC(=O)NCCNC(=O)c1ccc(Cl)c(Cl)c1. The summed E-state index contributed by atoms with van der Waals surface area (Å²) in [7, 11) is 0. The highest BCUT2D eigenvalue weighted by Crippen LogP contribution is 2.26. The van der Waals surface area contributed by atoms with Crippen molar-refractivity contribution in [2.45, 2.75) is 6.92 Å². The van der Waals surface area contributed by atoms with Crippen molar-refractivity contribution in [3.05, 3.63) is 58.1 Å². The van der Waals surface area contributed by atoms with Crippen molar-refractivity contribution in [1.82, 2.24) is 10.6 Å². The molecule has 144 valence electrons. The van der Waals surface area contributed by atoms with E-state index in [1.807, 2.05) is 13.0 Å². The van der Waals surface area contributed by atoms with Crippen LogP contribution in [0.3, 0.4) is 0 Å². The number of para-hydroxylation sites is 2. The first-order valence-corrected chi connectivity index (χ1v) is 9.11. The lowest BCUT2D eigenvalue weighted by atomic mass is 10.2. The third-order valence-corrected chi connectivity index (χ3v) is 4.16. The fourth-order valence-corrected chi connectivity index (χ4v) is 2.45. The van der Waals surface area contributed by atoms with Crippen molar-refractivity contribution >= 4 is 35.0 Å². The minimum absolute atomic E-state index is 0.148. The number of hydrogen-bond donors (Lipinski definition) is 2. The van der Waals surface area contributed by atoms with E-state index in [9.17, 15) is 9.59 Å². The van der Waals surface area contributed by atoms with Gasteiger partial charge < -0.3 is 20.1 Å². The van der Waals surface area contributed by atoms with Gasteiger partial charge in [-0.15, -0.1) is 0 Å². The molecule has 2 aromatic rings. The fourth-order valence-electron chi connectivity index (χ4n) is 2.16. The van der Waals surface area contributed by atoms with E-state index < -0.39 is 0 Å². The number of carbonyl (C=O) groups is 2. The largest absolute Gasteiger partial charge is 0.490 e. The number of hydrogen-bond acceptors (Lipinski definition) is 4. The third kappa shape index (κ3) is 6.66. The van der Waals surface area contributed by atoms with Gasteiger partial charge in [-0.3, -0.25) is 9.59 Å². The average Bonchev–Trinajstić information content (AvgIpc) is 2.66. The van der Waals surface area contributed by atoms with Crippen molar-refractivity contribution in [3.63, 3.8) is 0 Å². The molecule has 2 aromatic carbocycles. The Morgan fingerprint density at radius 2 is 1.59 bits per heavy atom. The van der Waals surface area contributed by atoms with Crippen LogP contribution in [-0.4, -0.2) is 38.1 Å². The lowest BCUT2D eigenvalue weighted by Gasteiger charge is -2.12. The van der Waals surface area contributed by atoms with Crippen LogP contribution in [0.25, 0.3) is 0 Å². The molecule has 0 bridgehead atoms. The van der Waals surface area contributed by atoms with Crippen molar-refractivity contribution in [1.29, 1.82) is 0 Å². The smallest absolute Gasteiger partial charge is 0.258 e. The molecule has 0 spiro atoms. The molecule has 0 saturated carbocycles. The van der Waals surface area contributed by atoms with Gasteiger partial charge in [0.25, 0.3) is 11.8 Å².